The second kappa shape index (κ2) is 14.5. The number of aliphatic hydroxyl groups excluding tert-OH is 1. The summed E-state index contributed by atoms with van der Waals surface area (Å²) in [7, 11) is 3.22. The average Bonchev–Trinajstić information content (AvgIpc) is 3.58. The zero-order valence-electron chi connectivity index (χ0n) is 20.6. The van der Waals surface area contributed by atoms with Crippen molar-refractivity contribution in [2.24, 2.45) is 0 Å². The van der Waals surface area contributed by atoms with Gasteiger partial charge in [0.2, 0.25) is 0 Å². The smallest absolute Gasteiger partial charge is 0.162 e. The number of methoxy groups -OCH3 is 2. The number of anilines is 1. The molecule has 0 bridgehead atoms. The maximum absolute atomic E-state index is 10.7. The Bertz CT molecular complexity index is 1260. The van der Waals surface area contributed by atoms with Gasteiger partial charge in [0.1, 0.15) is 24.3 Å². The van der Waals surface area contributed by atoms with E-state index < -0.39 is 6.10 Å². The number of nitrogens with zero attached hydrogens (tertiary/aromatic N) is 2. The average molecular weight is 631 g/mol. The molecule has 4 aromatic rings. The molecule has 200 valence electrons. The molecule has 0 saturated heterocycles. The Labute approximate surface area is 241 Å². The molecule has 37 heavy (non-hydrogen) atoms. The number of rotatable bonds is 11. The van der Waals surface area contributed by atoms with Crippen molar-refractivity contribution in [3.8, 4) is 39.2 Å². The van der Waals surface area contributed by atoms with Gasteiger partial charge in [-0.1, -0.05) is 6.07 Å². The van der Waals surface area contributed by atoms with Crippen LogP contribution in [0.5, 0.6) is 17.2 Å². The molecule has 7 nitrogen and oxygen atoms in total. The number of benzene rings is 2. The van der Waals surface area contributed by atoms with Crippen LogP contribution in [0, 0.1) is 0 Å². The minimum atomic E-state index is -0.687. The minimum Gasteiger partial charge on any atom is -0.493 e. The number of aliphatic hydroxyl groups is 1. The quantitative estimate of drug-likeness (QED) is 0.192. The van der Waals surface area contributed by atoms with Gasteiger partial charge in [0, 0.05) is 36.6 Å². The van der Waals surface area contributed by atoms with E-state index in [1.165, 1.54) is 0 Å². The molecule has 2 N–H and O–H groups in total. The second-order valence-corrected chi connectivity index (χ2v) is 9.60. The van der Waals surface area contributed by atoms with Crippen molar-refractivity contribution in [1.82, 2.24) is 9.97 Å². The maximum atomic E-state index is 10.7. The van der Waals surface area contributed by atoms with E-state index in [4.69, 9.17) is 19.2 Å². The summed E-state index contributed by atoms with van der Waals surface area (Å²) in [5, 5.41) is 12.7. The summed E-state index contributed by atoms with van der Waals surface area (Å²) in [6.45, 7) is 3.34. The third kappa shape index (κ3) is 7.55. The predicted molar refractivity (Wildman–Crippen MR) is 158 cm³/mol. The summed E-state index contributed by atoms with van der Waals surface area (Å²) in [5.74, 6) is 2.76. The first kappa shape index (κ1) is 30.8. The summed E-state index contributed by atoms with van der Waals surface area (Å²) in [5.41, 5.74) is 2.80. The lowest BCUT2D eigenvalue weighted by Crippen LogP contribution is -2.35. The van der Waals surface area contributed by atoms with Crippen molar-refractivity contribution in [1.29, 1.82) is 0 Å². The Morgan fingerprint density at radius 3 is 2.46 bits per heavy atom. The molecule has 0 unspecified atom stereocenters. The second-order valence-electron chi connectivity index (χ2n) is 7.80. The molecule has 0 spiro atoms. The van der Waals surface area contributed by atoms with Crippen LogP contribution in [0.15, 0.2) is 64.6 Å². The number of hydrogen-bond acceptors (Lipinski definition) is 7. The topological polar surface area (TPSA) is 79.8 Å². The van der Waals surface area contributed by atoms with Gasteiger partial charge in [0.15, 0.2) is 11.5 Å². The van der Waals surface area contributed by atoms with E-state index >= 15 is 0 Å². The molecule has 0 aliphatic carbocycles. The molecule has 0 saturated carbocycles. The summed E-state index contributed by atoms with van der Waals surface area (Å²) < 4.78 is 17.4. The van der Waals surface area contributed by atoms with Crippen molar-refractivity contribution >= 4 is 57.8 Å². The molecule has 0 amide bonds. The Kier molecular flexibility index (Phi) is 12.1. The van der Waals surface area contributed by atoms with Gasteiger partial charge < -0.3 is 29.2 Å². The highest BCUT2D eigenvalue weighted by Gasteiger charge is 2.16. The molecule has 0 aliphatic rings. The zero-order chi connectivity index (χ0) is 24.8. The molecule has 0 fully saturated rings. The third-order valence-electron chi connectivity index (χ3n) is 5.53. The van der Waals surface area contributed by atoms with Crippen LogP contribution in [0.3, 0.4) is 0 Å². The number of likely N-dealkylation sites (N-methyl/N-ethyl adjacent to an activating group) is 1. The van der Waals surface area contributed by atoms with E-state index in [0.29, 0.717) is 23.8 Å². The number of ether oxygens (including phenoxy) is 3. The Balaban J connectivity index is 0.00000241. The van der Waals surface area contributed by atoms with Crippen molar-refractivity contribution in [2.45, 2.75) is 13.0 Å². The molecular weight excluding hydrogens is 601 g/mol. The number of H-pyrrole nitrogens is 1. The van der Waals surface area contributed by atoms with Crippen LogP contribution in [0.1, 0.15) is 6.92 Å². The fraction of sp³-hybridized carbons (Fsp3) is 0.269. The van der Waals surface area contributed by atoms with Crippen molar-refractivity contribution in [3.05, 3.63) is 64.6 Å². The lowest BCUT2D eigenvalue weighted by atomic mass is 10.2. The van der Waals surface area contributed by atoms with Crippen LogP contribution < -0.4 is 19.1 Å². The molecular formula is C26H30BrCl2N3O4S. The van der Waals surface area contributed by atoms with Crippen LogP contribution >= 0.6 is 52.1 Å². The van der Waals surface area contributed by atoms with E-state index in [1.54, 1.807) is 25.6 Å². The van der Waals surface area contributed by atoms with Gasteiger partial charge in [-0.2, -0.15) is 0 Å². The molecule has 0 aliphatic heterocycles. The van der Waals surface area contributed by atoms with Crippen LogP contribution in [0.4, 0.5) is 5.69 Å². The number of thiophene rings is 1. The fourth-order valence-corrected chi connectivity index (χ4v) is 4.90. The summed E-state index contributed by atoms with van der Waals surface area (Å²) in [4.78, 5) is 11.1. The maximum Gasteiger partial charge on any atom is 0.162 e. The highest BCUT2D eigenvalue weighted by Crippen LogP contribution is 2.33. The highest BCUT2D eigenvalue weighted by molar-refractivity contribution is 9.10. The monoisotopic (exact) mass is 629 g/mol. The highest BCUT2D eigenvalue weighted by atomic mass is 79.9. The zero-order valence-corrected chi connectivity index (χ0v) is 24.7. The van der Waals surface area contributed by atoms with Gasteiger partial charge in [0.25, 0.3) is 0 Å². The standard InChI is InChI=1S/C26H28BrN3O4S.2ClH/c1-4-30(18-8-10-23(32-2)24(13-18)33-3)15-19(31)16-34-22-9-7-17(12-20(22)27)26-28-14-21(29-26)25-6-5-11-35-25;;/h5-14,19,31H,4,15-16H2,1-3H3,(H,28,29);2*1H/t19-;;/m0../s1. The Morgan fingerprint density at radius 1 is 1.05 bits per heavy atom. The predicted octanol–water partition coefficient (Wildman–Crippen LogP) is 6.69. The number of halogens is 3. The molecule has 2 aromatic carbocycles. The van der Waals surface area contributed by atoms with Crippen molar-refractivity contribution in [2.75, 3.05) is 38.8 Å². The van der Waals surface area contributed by atoms with Crippen molar-refractivity contribution < 1.29 is 19.3 Å². The fourth-order valence-electron chi connectivity index (χ4n) is 3.72. The number of nitrogens with one attached hydrogen (secondary N) is 1. The van der Waals surface area contributed by atoms with Crippen LogP contribution in [-0.2, 0) is 0 Å². The van der Waals surface area contributed by atoms with Gasteiger partial charge in [0.05, 0.1) is 29.3 Å². The number of hydrogen-bond donors (Lipinski definition) is 2. The summed E-state index contributed by atoms with van der Waals surface area (Å²) in [6, 6.07) is 15.6. The van der Waals surface area contributed by atoms with Gasteiger partial charge >= 0.3 is 0 Å². The number of aromatic amines is 1. The normalized spacial score (nSPS) is 11.2. The molecule has 1 atom stereocenters. The SMILES string of the molecule is CCN(C[C@H](O)COc1ccc(-c2nc(-c3cccs3)c[nH]2)cc1Br)c1ccc(OC)c(OC)c1.Cl.Cl. The van der Waals surface area contributed by atoms with Crippen LogP contribution in [-0.4, -0.2) is 55.1 Å². The van der Waals surface area contributed by atoms with E-state index in [9.17, 15) is 5.11 Å². The summed E-state index contributed by atoms with van der Waals surface area (Å²) >= 11 is 5.24. The van der Waals surface area contributed by atoms with E-state index in [0.717, 1.165) is 38.7 Å². The van der Waals surface area contributed by atoms with Crippen molar-refractivity contribution in [3.63, 3.8) is 0 Å². The lowest BCUT2D eigenvalue weighted by Gasteiger charge is -2.26. The first-order valence-corrected chi connectivity index (χ1v) is 12.9. The third-order valence-corrected chi connectivity index (χ3v) is 7.05. The van der Waals surface area contributed by atoms with Gasteiger partial charge in [-0.05, 0) is 64.6 Å². The van der Waals surface area contributed by atoms with Gasteiger partial charge in [-0.25, -0.2) is 4.98 Å². The lowest BCUT2D eigenvalue weighted by molar-refractivity contribution is 0.112. The first-order valence-electron chi connectivity index (χ1n) is 11.2. The molecule has 2 heterocycles. The Hall–Kier alpha value is -2.43. The number of imidazole rings is 1. The summed E-state index contributed by atoms with van der Waals surface area (Å²) in [6.07, 6.45) is 1.22. The number of aromatic nitrogens is 2. The Morgan fingerprint density at radius 2 is 1.81 bits per heavy atom. The van der Waals surface area contributed by atoms with E-state index in [1.807, 2.05) is 67.0 Å². The first-order chi connectivity index (χ1) is 17.0. The largest absolute Gasteiger partial charge is 0.493 e. The van der Waals surface area contributed by atoms with E-state index in [-0.39, 0.29) is 31.4 Å². The molecule has 4 rings (SSSR count). The van der Waals surface area contributed by atoms with Crippen LogP contribution in [0.2, 0.25) is 0 Å². The minimum absolute atomic E-state index is 0. The van der Waals surface area contributed by atoms with Gasteiger partial charge in [-0.3, -0.25) is 0 Å². The molecule has 11 heteroatoms. The van der Waals surface area contributed by atoms with E-state index in [2.05, 4.69) is 25.8 Å². The molecule has 2 aromatic heterocycles. The molecule has 0 radical (unpaired) electrons. The van der Waals surface area contributed by atoms with Gasteiger partial charge in [-0.15, -0.1) is 36.2 Å². The van der Waals surface area contributed by atoms with Crippen LogP contribution in [0.25, 0.3) is 22.0 Å².